The van der Waals surface area contributed by atoms with E-state index in [1.807, 2.05) is 14.1 Å². The first-order valence-corrected chi connectivity index (χ1v) is 5.31. The van der Waals surface area contributed by atoms with Crippen LogP contribution in [0, 0.1) is 0 Å². The molecule has 1 aromatic rings. The molecular weight excluding hydrogens is 188 g/mol. The molecular formula is C12H18N2O. The molecule has 2 unspecified atom stereocenters. The van der Waals surface area contributed by atoms with Crippen molar-refractivity contribution in [3.8, 4) is 0 Å². The lowest BCUT2D eigenvalue weighted by Crippen LogP contribution is -2.31. The van der Waals surface area contributed by atoms with Gasteiger partial charge in [-0.15, -0.1) is 0 Å². The second kappa shape index (κ2) is 4.31. The van der Waals surface area contributed by atoms with E-state index in [-0.39, 0.29) is 12.5 Å². The Balaban J connectivity index is 2.08. The van der Waals surface area contributed by atoms with Crippen molar-refractivity contribution < 1.29 is 4.74 Å². The van der Waals surface area contributed by atoms with E-state index in [2.05, 4.69) is 41.4 Å². The largest absolute Gasteiger partial charge is 0.341 e. The van der Waals surface area contributed by atoms with Crippen molar-refractivity contribution in [3.63, 3.8) is 0 Å². The van der Waals surface area contributed by atoms with Crippen molar-refractivity contribution in [1.29, 1.82) is 0 Å². The number of hydrogen-bond donors (Lipinski definition) is 1. The molecule has 1 N–H and O–H groups in total. The molecule has 0 amide bonds. The highest BCUT2D eigenvalue weighted by Crippen LogP contribution is 2.26. The van der Waals surface area contributed by atoms with E-state index in [4.69, 9.17) is 4.74 Å². The van der Waals surface area contributed by atoms with Gasteiger partial charge in [-0.05, 0) is 32.1 Å². The monoisotopic (exact) mass is 206 g/mol. The minimum absolute atomic E-state index is 0.0404. The lowest BCUT2D eigenvalue weighted by Gasteiger charge is -2.24. The molecule has 1 aliphatic rings. The zero-order valence-electron chi connectivity index (χ0n) is 9.53. The molecule has 0 fully saturated rings. The molecule has 3 heteroatoms. The fourth-order valence-corrected chi connectivity index (χ4v) is 1.70. The standard InChI is InChI=1S/C12H18N2O/c1-9(14(2)3)15-12-11-7-5-4-6-10(11)8-13-12/h4-7,9,12-13H,8H2,1-3H3. The third-order valence-corrected chi connectivity index (χ3v) is 2.88. The highest BCUT2D eigenvalue weighted by atomic mass is 16.5. The van der Waals surface area contributed by atoms with Gasteiger partial charge in [0, 0.05) is 6.54 Å². The van der Waals surface area contributed by atoms with Gasteiger partial charge in [0.15, 0.2) is 0 Å². The van der Waals surface area contributed by atoms with E-state index in [0.29, 0.717) is 0 Å². The SMILES string of the molecule is CC(OC1NCc2ccccc21)N(C)C. The fourth-order valence-electron chi connectivity index (χ4n) is 1.70. The molecule has 1 aliphatic heterocycles. The zero-order valence-corrected chi connectivity index (χ0v) is 9.53. The van der Waals surface area contributed by atoms with E-state index in [0.717, 1.165) is 6.54 Å². The molecule has 2 atom stereocenters. The van der Waals surface area contributed by atoms with Crippen LogP contribution in [0.25, 0.3) is 0 Å². The molecule has 82 valence electrons. The Bertz CT molecular complexity index is 338. The summed E-state index contributed by atoms with van der Waals surface area (Å²) in [4.78, 5) is 2.06. The molecule has 0 aliphatic carbocycles. The molecule has 15 heavy (non-hydrogen) atoms. The molecule has 2 rings (SSSR count). The lowest BCUT2D eigenvalue weighted by atomic mass is 10.1. The lowest BCUT2D eigenvalue weighted by molar-refractivity contribution is -0.0821. The topological polar surface area (TPSA) is 24.5 Å². The second-order valence-corrected chi connectivity index (χ2v) is 4.16. The summed E-state index contributed by atoms with van der Waals surface area (Å²) in [6.45, 7) is 2.96. The van der Waals surface area contributed by atoms with Crippen LogP contribution < -0.4 is 5.32 Å². The number of nitrogens with one attached hydrogen (secondary N) is 1. The maximum atomic E-state index is 5.91. The number of hydrogen-bond acceptors (Lipinski definition) is 3. The maximum absolute atomic E-state index is 5.91. The van der Waals surface area contributed by atoms with Crippen LogP contribution in [-0.4, -0.2) is 25.2 Å². The first-order chi connectivity index (χ1) is 7.18. The minimum Gasteiger partial charge on any atom is -0.341 e. The van der Waals surface area contributed by atoms with Gasteiger partial charge in [0.25, 0.3) is 0 Å². The molecule has 0 saturated heterocycles. The van der Waals surface area contributed by atoms with Crippen molar-refractivity contribution in [2.24, 2.45) is 0 Å². The van der Waals surface area contributed by atoms with Crippen LogP contribution in [-0.2, 0) is 11.3 Å². The summed E-state index contributed by atoms with van der Waals surface area (Å²) in [5, 5.41) is 3.36. The average molecular weight is 206 g/mol. The van der Waals surface area contributed by atoms with Gasteiger partial charge < -0.3 is 4.74 Å². The first kappa shape index (κ1) is 10.6. The van der Waals surface area contributed by atoms with Gasteiger partial charge in [-0.2, -0.15) is 0 Å². The van der Waals surface area contributed by atoms with Gasteiger partial charge in [0.2, 0.25) is 0 Å². The fraction of sp³-hybridized carbons (Fsp3) is 0.500. The molecule has 0 radical (unpaired) electrons. The molecule has 0 bridgehead atoms. The molecule has 1 aromatic carbocycles. The summed E-state index contributed by atoms with van der Waals surface area (Å²) in [7, 11) is 4.04. The van der Waals surface area contributed by atoms with Crippen LogP contribution in [0.3, 0.4) is 0 Å². The van der Waals surface area contributed by atoms with E-state index in [1.165, 1.54) is 11.1 Å². The summed E-state index contributed by atoms with van der Waals surface area (Å²) in [6.07, 6.45) is 0.159. The van der Waals surface area contributed by atoms with E-state index < -0.39 is 0 Å². The number of benzene rings is 1. The molecule has 0 saturated carbocycles. The van der Waals surface area contributed by atoms with Gasteiger partial charge in [0.05, 0.1) is 0 Å². The van der Waals surface area contributed by atoms with Crippen LogP contribution in [0.5, 0.6) is 0 Å². The summed E-state index contributed by atoms with van der Waals surface area (Å²) in [5.41, 5.74) is 2.61. The Morgan fingerprint density at radius 3 is 2.87 bits per heavy atom. The van der Waals surface area contributed by atoms with Crippen LogP contribution in [0.15, 0.2) is 24.3 Å². The number of ether oxygens (including phenoxy) is 1. The van der Waals surface area contributed by atoms with Crippen molar-refractivity contribution in [2.75, 3.05) is 14.1 Å². The number of nitrogens with zero attached hydrogens (tertiary/aromatic N) is 1. The van der Waals surface area contributed by atoms with Gasteiger partial charge in [0.1, 0.15) is 12.5 Å². The van der Waals surface area contributed by atoms with Crippen LogP contribution in [0.1, 0.15) is 24.3 Å². The normalized spacial score (nSPS) is 21.7. The molecule has 3 nitrogen and oxygen atoms in total. The third kappa shape index (κ3) is 2.20. The van der Waals surface area contributed by atoms with E-state index in [1.54, 1.807) is 0 Å². The molecule has 1 heterocycles. The number of rotatable bonds is 3. The Morgan fingerprint density at radius 2 is 2.13 bits per heavy atom. The smallest absolute Gasteiger partial charge is 0.136 e. The quantitative estimate of drug-likeness (QED) is 0.762. The third-order valence-electron chi connectivity index (χ3n) is 2.88. The predicted octanol–water partition coefficient (Wildman–Crippen LogP) is 1.71. The number of fused-ring (bicyclic) bond motifs is 1. The maximum Gasteiger partial charge on any atom is 0.136 e. The first-order valence-electron chi connectivity index (χ1n) is 5.31. The van der Waals surface area contributed by atoms with Crippen LogP contribution in [0.2, 0.25) is 0 Å². The van der Waals surface area contributed by atoms with Gasteiger partial charge in [-0.1, -0.05) is 24.3 Å². The second-order valence-electron chi connectivity index (χ2n) is 4.16. The van der Waals surface area contributed by atoms with Crippen molar-refractivity contribution in [3.05, 3.63) is 35.4 Å². The minimum atomic E-state index is 0.0404. The van der Waals surface area contributed by atoms with Gasteiger partial charge in [-0.3, -0.25) is 10.2 Å². The Hall–Kier alpha value is -0.900. The summed E-state index contributed by atoms with van der Waals surface area (Å²) < 4.78 is 5.91. The van der Waals surface area contributed by atoms with Gasteiger partial charge in [-0.25, -0.2) is 0 Å². The highest BCUT2D eigenvalue weighted by Gasteiger charge is 2.23. The van der Waals surface area contributed by atoms with Crippen molar-refractivity contribution in [1.82, 2.24) is 10.2 Å². The Labute approximate surface area is 91.0 Å². The van der Waals surface area contributed by atoms with Crippen LogP contribution >= 0.6 is 0 Å². The van der Waals surface area contributed by atoms with Gasteiger partial charge >= 0.3 is 0 Å². The van der Waals surface area contributed by atoms with Crippen molar-refractivity contribution in [2.45, 2.75) is 25.9 Å². The average Bonchev–Trinajstić information content (AvgIpc) is 2.62. The molecule has 0 aromatic heterocycles. The molecule has 0 spiro atoms. The highest BCUT2D eigenvalue weighted by molar-refractivity contribution is 5.32. The Kier molecular flexibility index (Phi) is 3.05. The zero-order chi connectivity index (χ0) is 10.8. The predicted molar refractivity (Wildman–Crippen MR) is 60.3 cm³/mol. The van der Waals surface area contributed by atoms with E-state index >= 15 is 0 Å². The summed E-state index contributed by atoms with van der Waals surface area (Å²) in [5.74, 6) is 0. The Morgan fingerprint density at radius 1 is 1.40 bits per heavy atom. The summed E-state index contributed by atoms with van der Waals surface area (Å²) in [6, 6.07) is 8.40. The summed E-state index contributed by atoms with van der Waals surface area (Å²) >= 11 is 0. The van der Waals surface area contributed by atoms with E-state index in [9.17, 15) is 0 Å². The van der Waals surface area contributed by atoms with Crippen molar-refractivity contribution >= 4 is 0 Å². The van der Waals surface area contributed by atoms with Crippen LogP contribution in [0.4, 0.5) is 0 Å².